The van der Waals surface area contributed by atoms with Crippen LogP contribution in [0.5, 0.6) is 0 Å². The Kier molecular flexibility index (Phi) is 8.76. The number of hydrogen-bond acceptors (Lipinski definition) is 4. The van der Waals surface area contributed by atoms with Gasteiger partial charge in [0, 0.05) is 39.0 Å². The smallest absolute Gasteiger partial charge is 0.385 e. The summed E-state index contributed by atoms with van der Waals surface area (Å²) in [7, 11) is -2.29. The maximum absolute atomic E-state index is 12.7. The molecule has 0 unspecified atom stereocenters. The minimum atomic E-state index is -4.51. The summed E-state index contributed by atoms with van der Waals surface area (Å²) in [5.41, 5.74) is 1.78. The summed E-state index contributed by atoms with van der Waals surface area (Å²) in [6, 6.07) is 8.89. The number of alkyl halides is 3. The molecule has 3 rings (SSSR count). The molecule has 1 aliphatic heterocycles. The van der Waals surface area contributed by atoms with Gasteiger partial charge in [-0.25, -0.2) is 8.42 Å². The number of fused-ring (bicyclic) bond motifs is 1. The summed E-state index contributed by atoms with van der Waals surface area (Å²) >= 11 is 0. The van der Waals surface area contributed by atoms with Gasteiger partial charge < -0.3 is 9.64 Å². The van der Waals surface area contributed by atoms with Gasteiger partial charge in [0.25, 0.3) is 10.0 Å². The first-order valence-electron chi connectivity index (χ1n) is 9.72. The van der Waals surface area contributed by atoms with Crippen LogP contribution in [0.3, 0.4) is 0 Å². The van der Waals surface area contributed by atoms with Gasteiger partial charge in [0.15, 0.2) is 0 Å². The number of benzene rings is 2. The van der Waals surface area contributed by atoms with Crippen molar-refractivity contribution >= 4 is 28.1 Å². The fourth-order valence-corrected chi connectivity index (χ4v) is 4.58. The Morgan fingerprint density at radius 3 is 2.29 bits per heavy atom. The highest BCUT2D eigenvalue weighted by Crippen LogP contribution is 2.30. The van der Waals surface area contributed by atoms with Crippen molar-refractivity contribution in [3.8, 4) is 0 Å². The normalized spacial score (nSPS) is 15.0. The topological polar surface area (TPSA) is 58.6 Å². The number of methoxy groups -OCH3 is 1. The minimum absolute atomic E-state index is 0. The number of rotatable bonds is 7. The highest BCUT2D eigenvalue weighted by Gasteiger charge is 2.30. The van der Waals surface area contributed by atoms with E-state index in [9.17, 15) is 21.6 Å². The Balaban J connectivity index is 0.00000341. The van der Waals surface area contributed by atoms with Gasteiger partial charge in [-0.05, 0) is 66.8 Å². The van der Waals surface area contributed by atoms with Crippen LogP contribution in [0.25, 0.3) is 0 Å². The summed E-state index contributed by atoms with van der Waals surface area (Å²) < 4.78 is 70.8. The van der Waals surface area contributed by atoms with Crippen LogP contribution in [-0.4, -0.2) is 46.7 Å². The molecular formula is C21H26ClF3N2O3S. The molecule has 31 heavy (non-hydrogen) atoms. The van der Waals surface area contributed by atoms with Crippen LogP contribution in [0.15, 0.2) is 47.4 Å². The fraction of sp³-hybridized carbons (Fsp3) is 0.429. The number of nitrogens with one attached hydrogen (secondary N) is 1. The predicted molar refractivity (Wildman–Crippen MR) is 116 cm³/mol. The van der Waals surface area contributed by atoms with Gasteiger partial charge >= 0.3 is 6.18 Å². The maximum Gasteiger partial charge on any atom is 0.416 e. The number of sulfonamides is 1. The van der Waals surface area contributed by atoms with Gasteiger partial charge in [-0.3, -0.25) is 4.72 Å². The van der Waals surface area contributed by atoms with Gasteiger partial charge in [0.05, 0.1) is 10.5 Å². The van der Waals surface area contributed by atoms with E-state index in [0.717, 1.165) is 75.3 Å². The molecule has 10 heteroatoms. The maximum atomic E-state index is 12.7. The van der Waals surface area contributed by atoms with Crippen LogP contribution in [-0.2, 0) is 33.8 Å². The second-order valence-corrected chi connectivity index (χ2v) is 8.98. The molecule has 2 aromatic carbocycles. The zero-order valence-corrected chi connectivity index (χ0v) is 18.7. The van der Waals surface area contributed by atoms with E-state index in [1.807, 2.05) is 12.1 Å². The molecule has 2 aromatic rings. The molecule has 0 atom stereocenters. The number of anilines is 1. The first-order valence-corrected chi connectivity index (χ1v) is 11.2. The SMILES string of the molecule is COCCCN1CCc2ccc(NS(=O)(=O)c3ccc(C(F)(F)F)cc3)cc2CC1.Cl. The molecule has 0 radical (unpaired) electrons. The van der Waals surface area contributed by atoms with E-state index in [2.05, 4.69) is 9.62 Å². The van der Waals surface area contributed by atoms with Gasteiger partial charge in [-0.1, -0.05) is 6.07 Å². The molecule has 0 saturated carbocycles. The summed E-state index contributed by atoms with van der Waals surface area (Å²) in [6.45, 7) is 3.49. The third-order valence-electron chi connectivity index (χ3n) is 5.17. The van der Waals surface area contributed by atoms with Gasteiger partial charge in [0.2, 0.25) is 0 Å². The molecule has 0 saturated heterocycles. The zero-order valence-electron chi connectivity index (χ0n) is 17.1. The molecule has 1 heterocycles. The second kappa shape index (κ2) is 10.7. The lowest BCUT2D eigenvalue weighted by molar-refractivity contribution is -0.137. The molecule has 1 aliphatic rings. The average Bonchev–Trinajstić information content (AvgIpc) is 2.89. The van der Waals surface area contributed by atoms with Crippen molar-refractivity contribution < 1.29 is 26.3 Å². The van der Waals surface area contributed by atoms with E-state index in [-0.39, 0.29) is 17.3 Å². The molecule has 0 amide bonds. The molecule has 172 valence electrons. The number of halogens is 4. The first-order chi connectivity index (χ1) is 14.2. The minimum Gasteiger partial charge on any atom is -0.385 e. The van der Waals surface area contributed by atoms with E-state index < -0.39 is 21.8 Å². The highest BCUT2D eigenvalue weighted by molar-refractivity contribution is 7.92. The van der Waals surface area contributed by atoms with E-state index >= 15 is 0 Å². The first kappa shape index (κ1) is 25.5. The molecule has 5 nitrogen and oxygen atoms in total. The lowest BCUT2D eigenvalue weighted by atomic mass is 10.0. The van der Waals surface area contributed by atoms with Crippen molar-refractivity contribution in [3.05, 3.63) is 59.2 Å². The number of nitrogens with zero attached hydrogens (tertiary/aromatic N) is 1. The van der Waals surface area contributed by atoms with Crippen LogP contribution >= 0.6 is 12.4 Å². The lowest BCUT2D eigenvalue weighted by Gasteiger charge is -2.19. The monoisotopic (exact) mass is 478 g/mol. The number of hydrogen-bond donors (Lipinski definition) is 1. The van der Waals surface area contributed by atoms with Crippen molar-refractivity contribution in [2.45, 2.75) is 30.3 Å². The van der Waals surface area contributed by atoms with E-state index in [1.54, 1.807) is 13.2 Å². The highest BCUT2D eigenvalue weighted by atomic mass is 35.5. The van der Waals surface area contributed by atoms with E-state index in [1.165, 1.54) is 5.56 Å². The predicted octanol–water partition coefficient (Wildman–Crippen LogP) is 4.37. The molecule has 1 N–H and O–H groups in total. The van der Waals surface area contributed by atoms with Crippen LogP contribution in [0.1, 0.15) is 23.1 Å². The molecular weight excluding hydrogens is 453 g/mol. The molecule has 0 fully saturated rings. The van der Waals surface area contributed by atoms with Crippen LogP contribution in [0.2, 0.25) is 0 Å². The Morgan fingerprint density at radius 2 is 1.68 bits per heavy atom. The van der Waals surface area contributed by atoms with E-state index in [4.69, 9.17) is 4.74 Å². The summed E-state index contributed by atoms with van der Waals surface area (Å²) in [4.78, 5) is 2.15. The van der Waals surface area contributed by atoms with Crippen LogP contribution in [0, 0.1) is 0 Å². The quantitative estimate of drug-likeness (QED) is 0.600. The second-order valence-electron chi connectivity index (χ2n) is 7.30. The van der Waals surface area contributed by atoms with Crippen LogP contribution < -0.4 is 4.72 Å². The zero-order chi connectivity index (χ0) is 21.8. The standard InChI is InChI=1S/C21H25F3N2O3S.ClH/c1-29-14-2-11-26-12-9-16-3-6-19(15-17(16)10-13-26)25-30(27,28)20-7-4-18(5-8-20)21(22,23)24;/h3-8,15,25H,2,9-14H2,1H3;1H. The van der Waals surface area contributed by atoms with Gasteiger partial charge in [-0.15, -0.1) is 12.4 Å². The van der Waals surface area contributed by atoms with Crippen molar-refractivity contribution in [1.82, 2.24) is 4.90 Å². The van der Waals surface area contributed by atoms with Crippen molar-refractivity contribution in [2.24, 2.45) is 0 Å². The number of ether oxygens (including phenoxy) is 1. The van der Waals surface area contributed by atoms with E-state index in [0.29, 0.717) is 5.69 Å². The van der Waals surface area contributed by atoms with Gasteiger partial charge in [0.1, 0.15) is 0 Å². The summed E-state index contributed by atoms with van der Waals surface area (Å²) in [5.74, 6) is 0. The third-order valence-corrected chi connectivity index (χ3v) is 6.57. The third kappa shape index (κ3) is 6.83. The Hall–Kier alpha value is -1.81. The molecule has 0 spiro atoms. The lowest BCUT2D eigenvalue weighted by Crippen LogP contribution is -2.28. The average molecular weight is 479 g/mol. The molecule has 0 aromatic heterocycles. The van der Waals surface area contributed by atoms with Crippen molar-refractivity contribution in [2.75, 3.05) is 38.1 Å². The summed E-state index contributed by atoms with van der Waals surface area (Å²) in [5, 5.41) is 0. The molecule has 0 aliphatic carbocycles. The fourth-order valence-electron chi connectivity index (χ4n) is 3.53. The van der Waals surface area contributed by atoms with Gasteiger partial charge in [-0.2, -0.15) is 13.2 Å². The van der Waals surface area contributed by atoms with Crippen molar-refractivity contribution in [3.63, 3.8) is 0 Å². The Labute approximate surface area is 187 Å². The summed E-state index contributed by atoms with van der Waals surface area (Å²) in [6.07, 6.45) is -1.86. The Bertz CT molecular complexity index is 967. The Morgan fingerprint density at radius 1 is 1.03 bits per heavy atom. The van der Waals surface area contributed by atoms with Crippen molar-refractivity contribution in [1.29, 1.82) is 0 Å². The van der Waals surface area contributed by atoms with Crippen LogP contribution in [0.4, 0.5) is 18.9 Å². The largest absolute Gasteiger partial charge is 0.416 e. The molecule has 0 bridgehead atoms.